The van der Waals surface area contributed by atoms with E-state index < -0.39 is 74.2 Å². The zero-order valence-corrected chi connectivity index (χ0v) is 34.6. The highest BCUT2D eigenvalue weighted by atomic mass is 16.7. The average Bonchev–Trinajstić information content (AvgIpc) is 3.15. The molecular formula is C43H85NO10. The van der Waals surface area contributed by atoms with Crippen molar-refractivity contribution in [2.75, 3.05) is 13.2 Å². The van der Waals surface area contributed by atoms with Gasteiger partial charge in [0, 0.05) is 0 Å². The minimum absolute atomic E-state index is 0.265. The summed E-state index contributed by atoms with van der Waals surface area (Å²) in [6, 6.07) is -1.16. The number of hydrogen-bond acceptors (Lipinski definition) is 10. The third-order valence-corrected chi connectivity index (χ3v) is 11.1. The van der Waals surface area contributed by atoms with E-state index in [9.17, 15) is 40.5 Å². The molecule has 1 aliphatic heterocycles. The summed E-state index contributed by atoms with van der Waals surface area (Å²) >= 11 is 0. The van der Waals surface area contributed by atoms with Gasteiger partial charge in [0.2, 0.25) is 5.91 Å². The Labute approximate surface area is 329 Å². The molecule has 0 aromatic heterocycles. The molecule has 0 unspecified atom stereocenters. The first-order valence-corrected chi connectivity index (χ1v) is 22.3. The molecule has 9 atom stereocenters. The molecule has 0 aromatic rings. The zero-order chi connectivity index (χ0) is 40.0. The summed E-state index contributed by atoms with van der Waals surface area (Å²) in [5.74, 6) is 0.00596. The summed E-state index contributed by atoms with van der Waals surface area (Å²) in [7, 11) is 0. The molecule has 1 rings (SSSR count). The van der Waals surface area contributed by atoms with Crippen molar-refractivity contribution < 1.29 is 50.0 Å². The fraction of sp³-hybridized carbons (Fsp3) is 0.977. The molecule has 54 heavy (non-hydrogen) atoms. The van der Waals surface area contributed by atoms with Gasteiger partial charge in [0.05, 0.1) is 25.4 Å². The molecule has 0 spiro atoms. The fourth-order valence-electron chi connectivity index (χ4n) is 7.33. The maximum Gasteiger partial charge on any atom is 0.249 e. The quantitative estimate of drug-likeness (QED) is 0.0323. The minimum Gasteiger partial charge on any atom is -0.394 e. The van der Waals surface area contributed by atoms with Crippen molar-refractivity contribution in [1.82, 2.24) is 5.32 Å². The monoisotopic (exact) mass is 776 g/mol. The average molecular weight is 776 g/mol. The van der Waals surface area contributed by atoms with Gasteiger partial charge in [-0.3, -0.25) is 4.79 Å². The summed E-state index contributed by atoms with van der Waals surface area (Å²) in [4.78, 5) is 13.0. The van der Waals surface area contributed by atoms with Crippen LogP contribution in [0.1, 0.15) is 194 Å². The van der Waals surface area contributed by atoms with Crippen LogP contribution in [0.3, 0.4) is 0 Å². The van der Waals surface area contributed by atoms with Gasteiger partial charge in [0.15, 0.2) is 6.29 Å². The van der Waals surface area contributed by atoms with Crippen LogP contribution in [0.2, 0.25) is 0 Å². The first-order chi connectivity index (χ1) is 26.0. The summed E-state index contributed by atoms with van der Waals surface area (Å²) in [6.07, 6.45) is 19.0. The number of amides is 1. The standard InChI is InChI=1S/C43H85NO10/c1-4-5-6-7-8-9-10-11-12-13-14-15-16-17-18-19-24-27-30-36(47)42(52)44-34(32-53-43-41(51)40(50)39(49)37(31-45)54-43)38(48)35(46)29-26-23-21-20-22-25-28-33(2)3/h33-41,43,45-51H,4-32H2,1-3H3,(H,44,52)/t34-,35+,36+,37+,38-,39+,40-,41+,43+/m0/s1. The van der Waals surface area contributed by atoms with E-state index in [0.29, 0.717) is 25.2 Å². The van der Waals surface area contributed by atoms with Gasteiger partial charge in [-0.15, -0.1) is 0 Å². The second-order valence-corrected chi connectivity index (χ2v) is 16.6. The predicted octanol–water partition coefficient (Wildman–Crippen LogP) is 6.58. The SMILES string of the molecule is CCCCCCCCCCCCCCCCCCCC[C@@H](O)C(=O)N[C@@H](CO[C@@H]1O[C@H](CO)[C@@H](O)[C@H](O)[C@H]1O)[C@H](O)[C@H](O)CCCCCCCCC(C)C. The number of hydrogen-bond donors (Lipinski definition) is 8. The molecule has 0 aliphatic carbocycles. The topological polar surface area (TPSA) is 189 Å². The van der Waals surface area contributed by atoms with E-state index in [1.54, 1.807) is 0 Å². The third kappa shape index (κ3) is 24.0. The summed E-state index contributed by atoms with van der Waals surface area (Å²) in [5, 5.41) is 75.4. The van der Waals surface area contributed by atoms with Crippen molar-refractivity contribution in [3.63, 3.8) is 0 Å². The smallest absolute Gasteiger partial charge is 0.249 e. The van der Waals surface area contributed by atoms with Crippen molar-refractivity contribution in [2.45, 2.75) is 249 Å². The van der Waals surface area contributed by atoms with Crippen LogP contribution in [0.4, 0.5) is 0 Å². The Hall–Kier alpha value is -0.890. The van der Waals surface area contributed by atoms with Crippen molar-refractivity contribution in [1.29, 1.82) is 0 Å². The molecule has 322 valence electrons. The van der Waals surface area contributed by atoms with Crippen LogP contribution in [0, 0.1) is 5.92 Å². The van der Waals surface area contributed by atoms with Gasteiger partial charge in [-0.1, -0.05) is 181 Å². The van der Waals surface area contributed by atoms with Gasteiger partial charge in [-0.25, -0.2) is 0 Å². The Kier molecular flexibility index (Phi) is 31.4. The number of nitrogens with one attached hydrogen (secondary N) is 1. The van der Waals surface area contributed by atoms with E-state index in [1.165, 1.54) is 109 Å². The summed E-state index contributed by atoms with van der Waals surface area (Å²) in [6.45, 7) is 5.66. The summed E-state index contributed by atoms with van der Waals surface area (Å²) < 4.78 is 11.0. The molecule has 0 bridgehead atoms. The predicted molar refractivity (Wildman–Crippen MR) is 215 cm³/mol. The molecule has 1 fully saturated rings. The van der Waals surface area contributed by atoms with Crippen LogP contribution in [0.5, 0.6) is 0 Å². The van der Waals surface area contributed by atoms with Crippen LogP contribution >= 0.6 is 0 Å². The minimum atomic E-state index is -1.66. The van der Waals surface area contributed by atoms with Crippen LogP contribution in [0.25, 0.3) is 0 Å². The van der Waals surface area contributed by atoms with E-state index in [-0.39, 0.29) is 6.42 Å². The largest absolute Gasteiger partial charge is 0.394 e. The van der Waals surface area contributed by atoms with Crippen molar-refractivity contribution in [3.05, 3.63) is 0 Å². The van der Waals surface area contributed by atoms with Crippen LogP contribution < -0.4 is 5.32 Å². The molecule has 0 radical (unpaired) electrons. The molecular weight excluding hydrogens is 690 g/mol. The summed E-state index contributed by atoms with van der Waals surface area (Å²) in [5.41, 5.74) is 0. The first kappa shape index (κ1) is 51.1. The van der Waals surface area contributed by atoms with E-state index in [2.05, 4.69) is 26.1 Å². The molecule has 0 saturated carbocycles. The maximum absolute atomic E-state index is 13.0. The van der Waals surface area contributed by atoms with Crippen molar-refractivity contribution in [2.24, 2.45) is 5.92 Å². The highest BCUT2D eigenvalue weighted by molar-refractivity contribution is 5.80. The first-order valence-electron chi connectivity index (χ1n) is 22.3. The number of aliphatic hydroxyl groups excluding tert-OH is 7. The van der Waals surface area contributed by atoms with Crippen molar-refractivity contribution >= 4 is 5.91 Å². The zero-order valence-electron chi connectivity index (χ0n) is 34.6. The molecule has 1 amide bonds. The Morgan fingerprint density at radius 1 is 0.611 bits per heavy atom. The van der Waals surface area contributed by atoms with Crippen LogP contribution in [-0.4, -0.2) is 110 Å². The number of aliphatic hydroxyl groups is 7. The number of ether oxygens (including phenoxy) is 2. The molecule has 11 nitrogen and oxygen atoms in total. The van der Waals surface area contributed by atoms with Gasteiger partial charge < -0.3 is 50.5 Å². The van der Waals surface area contributed by atoms with E-state index >= 15 is 0 Å². The van der Waals surface area contributed by atoms with Gasteiger partial charge in [-0.05, 0) is 18.8 Å². The van der Waals surface area contributed by atoms with Crippen molar-refractivity contribution in [3.8, 4) is 0 Å². The van der Waals surface area contributed by atoms with E-state index in [1.807, 2.05) is 0 Å². The molecule has 11 heteroatoms. The lowest BCUT2D eigenvalue weighted by Crippen LogP contribution is -2.60. The second-order valence-electron chi connectivity index (χ2n) is 16.6. The molecule has 0 aromatic carbocycles. The highest BCUT2D eigenvalue weighted by Gasteiger charge is 2.44. The number of unbranched alkanes of at least 4 members (excludes halogenated alkanes) is 22. The Morgan fingerprint density at radius 2 is 1.04 bits per heavy atom. The number of rotatable bonds is 36. The molecule has 8 N–H and O–H groups in total. The van der Waals surface area contributed by atoms with Gasteiger partial charge in [0.25, 0.3) is 0 Å². The van der Waals surface area contributed by atoms with E-state index in [4.69, 9.17) is 9.47 Å². The Bertz CT molecular complexity index is 864. The number of carbonyl (C=O) groups excluding carboxylic acids is 1. The molecule has 1 heterocycles. The van der Waals surface area contributed by atoms with Gasteiger partial charge in [-0.2, -0.15) is 0 Å². The number of carbonyl (C=O) groups is 1. The Balaban J connectivity index is 2.42. The Morgan fingerprint density at radius 3 is 1.48 bits per heavy atom. The lowest BCUT2D eigenvalue weighted by atomic mass is 9.98. The lowest BCUT2D eigenvalue weighted by Gasteiger charge is -2.40. The third-order valence-electron chi connectivity index (χ3n) is 11.1. The van der Waals surface area contributed by atoms with Crippen LogP contribution in [0.15, 0.2) is 0 Å². The lowest BCUT2D eigenvalue weighted by molar-refractivity contribution is -0.303. The maximum atomic E-state index is 13.0. The fourth-order valence-corrected chi connectivity index (χ4v) is 7.33. The van der Waals surface area contributed by atoms with Gasteiger partial charge >= 0.3 is 0 Å². The molecule has 1 saturated heterocycles. The van der Waals surface area contributed by atoms with E-state index in [0.717, 1.165) is 38.5 Å². The second kappa shape index (κ2) is 33.1. The van der Waals surface area contributed by atoms with Crippen LogP contribution in [-0.2, 0) is 14.3 Å². The van der Waals surface area contributed by atoms with Gasteiger partial charge in [0.1, 0.15) is 36.6 Å². The normalized spacial score (nSPS) is 22.7. The molecule has 1 aliphatic rings. The highest BCUT2D eigenvalue weighted by Crippen LogP contribution is 2.23.